The van der Waals surface area contributed by atoms with Crippen LogP contribution in [-0.2, 0) is 0 Å². The van der Waals surface area contributed by atoms with Crippen LogP contribution in [-0.4, -0.2) is 24.0 Å². The Hall–Kier alpha value is -2.02. The largest absolute Gasteiger partial charge is 0.325 e. The van der Waals surface area contributed by atoms with Crippen molar-refractivity contribution < 1.29 is 4.79 Å². The topological polar surface area (TPSA) is 56.1 Å². The average Bonchev–Trinajstić information content (AvgIpc) is 2.31. The lowest BCUT2D eigenvalue weighted by molar-refractivity contribution is 0.217. The number of anilines is 1. The molecule has 2 amide bonds. The number of hydrogen-bond donors (Lipinski definition) is 1. The van der Waals surface area contributed by atoms with Gasteiger partial charge in [0.15, 0.2) is 0 Å². The summed E-state index contributed by atoms with van der Waals surface area (Å²) in [4.78, 5) is 13.4. The minimum atomic E-state index is -0.116. The van der Waals surface area contributed by atoms with Gasteiger partial charge in [0.1, 0.15) is 0 Å². The Morgan fingerprint density at radius 3 is 2.31 bits per heavy atom. The van der Waals surface area contributed by atoms with Crippen molar-refractivity contribution >= 4 is 11.7 Å². The Balaban J connectivity index is 2.66. The van der Waals surface area contributed by atoms with E-state index in [1.807, 2.05) is 19.9 Å². The van der Waals surface area contributed by atoms with Gasteiger partial charge in [-0.1, -0.05) is 0 Å². The number of hydrogen-bond acceptors (Lipinski definition) is 2. The molecule has 0 saturated carbocycles. The lowest BCUT2D eigenvalue weighted by atomic mass is 10.2. The predicted octanol–water partition coefficient (Wildman–Crippen LogP) is 2.43. The number of rotatable bonds is 3. The molecule has 1 aromatic rings. The van der Waals surface area contributed by atoms with Gasteiger partial charge in [-0.25, -0.2) is 4.79 Å². The molecule has 0 fully saturated rings. The molecular weight excluding hydrogens is 202 g/mol. The van der Waals surface area contributed by atoms with Crippen LogP contribution < -0.4 is 5.32 Å². The summed E-state index contributed by atoms with van der Waals surface area (Å²) < 4.78 is 0. The zero-order valence-electron chi connectivity index (χ0n) is 9.53. The molecule has 0 saturated heterocycles. The van der Waals surface area contributed by atoms with Crippen molar-refractivity contribution in [2.24, 2.45) is 0 Å². The van der Waals surface area contributed by atoms with E-state index in [9.17, 15) is 4.79 Å². The minimum absolute atomic E-state index is 0.116. The number of amides is 2. The Kier molecular flexibility index (Phi) is 4.34. The van der Waals surface area contributed by atoms with E-state index in [1.165, 1.54) is 0 Å². The van der Waals surface area contributed by atoms with Crippen LogP contribution >= 0.6 is 0 Å². The molecule has 0 unspecified atom stereocenters. The maximum Gasteiger partial charge on any atom is 0.321 e. The molecule has 0 aliphatic rings. The Morgan fingerprint density at radius 1 is 1.31 bits per heavy atom. The molecule has 0 bridgehead atoms. The first-order valence-corrected chi connectivity index (χ1v) is 5.27. The highest BCUT2D eigenvalue weighted by atomic mass is 16.2. The van der Waals surface area contributed by atoms with Gasteiger partial charge in [-0.15, -0.1) is 0 Å². The third-order valence-electron chi connectivity index (χ3n) is 2.32. The molecule has 0 aromatic heterocycles. The lowest BCUT2D eigenvalue weighted by Gasteiger charge is -2.19. The van der Waals surface area contributed by atoms with Crippen LogP contribution in [0.1, 0.15) is 19.4 Å². The van der Waals surface area contributed by atoms with Gasteiger partial charge in [0, 0.05) is 18.8 Å². The molecule has 1 rings (SSSR count). The molecule has 4 nitrogen and oxygen atoms in total. The second-order valence-electron chi connectivity index (χ2n) is 3.29. The van der Waals surface area contributed by atoms with E-state index in [0.29, 0.717) is 24.3 Å². The summed E-state index contributed by atoms with van der Waals surface area (Å²) in [5, 5.41) is 11.4. The summed E-state index contributed by atoms with van der Waals surface area (Å²) in [5.74, 6) is 0. The van der Waals surface area contributed by atoms with Crippen molar-refractivity contribution in [3.8, 4) is 6.07 Å². The van der Waals surface area contributed by atoms with Crippen LogP contribution in [0.15, 0.2) is 24.3 Å². The van der Waals surface area contributed by atoms with E-state index in [4.69, 9.17) is 5.26 Å². The molecule has 0 radical (unpaired) electrons. The standard InChI is InChI=1S/C12H15N3O/c1-3-15(4-2)12(16)14-11-7-5-10(9-13)6-8-11/h5-8H,3-4H2,1-2H3,(H,14,16). The lowest BCUT2D eigenvalue weighted by Crippen LogP contribution is -2.34. The number of benzene rings is 1. The van der Waals surface area contributed by atoms with Crippen LogP contribution in [0.3, 0.4) is 0 Å². The van der Waals surface area contributed by atoms with Gasteiger partial charge in [-0.3, -0.25) is 0 Å². The van der Waals surface area contributed by atoms with Gasteiger partial charge >= 0.3 is 6.03 Å². The highest BCUT2D eigenvalue weighted by Gasteiger charge is 2.08. The van der Waals surface area contributed by atoms with Gasteiger partial charge in [0.25, 0.3) is 0 Å². The van der Waals surface area contributed by atoms with E-state index in [2.05, 4.69) is 5.32 Å². The fourth-order valence-electron chi connectivity index (χ4n) is 1.34. The molecule has 0 aliphatic carbocycles. The van der Waals surface area contributed by atoms with E-state index >= 15 is 0 Å². The zero-order chi connectivity index (χ0) is 12.0. The molecule has 0 atom stereocenters. The molecular formula is C12H15N3O. The monoisotopic (exact) mass is 217 g/mol. The second-order valence-corrected chi connectivity index (χ2v) is 3.29. The van der Waals surface area contributed by atoms with Crippen molar-refractivity contribution in [3.63, 3.8) is 0 Å². The van der Waals surface area contributed by atoms with Crippen molar-refractivity contribution in [2.45, 2.75) is 13.8 Å². The van der Waals surface area contributed by atoms with Gasteiger partial charge in [0.2, 0.25) is 0 Å². The second kappa shape index (κ2) is 5.76. The molecule has 1 aromatic carbocycles. The van der Waals surface area contributed by atoms with Crippen LogP contribution in [0.25, 0.3) is 0 Å². The molecule has 84 valence electrons. The fraction of sp³-hybridized carbons (Fsp3) is 0.333. The fourth-order valence-corrected chi connectivity index (χ4v) is 1.34. The van der Waals surface area contributed by atoms with E-state index in [1.54, 1.807) is 29.2 Å². The summed E-state index contributed by atoms with van der Waals surface area (Å²) in [6.07, 6.45) is 0. The SMILES string of the molecule is CCN(CC)C(=O)Nc1ccc(C#N)cc1. The Bertz CT molecular complexity index is 388. The third-order valence-corrected chi connectivity index (χ3v) is 2.32. The van der Waals surface area contributed by atoms with Crippen LogP contribution in [0.2, 0.25) is 0 Å². The highest BCUT2D eigenvalue weighted by molar-refractivity contribution is 5.89. The Morgan fingerprint density at radius 2 is 1.88 bits per heavy atom. The number of carbonyl (C=O) groups is 1. The summed E-state index contributed by atoms with van der Waals surface area (Å²) >= 11 is 0. The third kappa shape index (κ3) is 2.99. The number of nitriles is 1. The molecule has 0 aliphatic heterocycles. The van der Waals surface area contributed by atoms with Crippen molar-refractivity contribution in [3.05, 3.63) is 29.8 Å². The maximum atomic E-state index is 11.7. The first kappa shape index (κ1) is 12.1. The predicted molar refractivity (Wildman–Crippen MR) is 63.1 cm³/mol. The summed E-state index contributed by atoms with van der Waals surface area (Å²) in [6.45, 7) is 5.22. The summed E-state index contributed by atoms with van der Waals surface area (Å²) in [6, 6.07) is 8.71. The van der Waals surface area contributed by atoms with Crippen LogP contribution in [0, 0.1) is 11.3 Å². The van der Waals surface area contributed by atoms with Gasteiger partial charge in [-0.2, -0.15) is 5.26 Å². The first-order valence-electron chi connectivity index (χ1n) is 5.27. The quantitative estimate of drug-likeness (QED) is 0.845. The number of nitrogens with zero attached hydrogens (tertiary/aromatic N) is 2. The van der Waals surface area contributed by atoms with Gasteiger partial charge in [-0.05, 0) is 38.1 Å². The number of carbonyl (C=O) groups excluding carboxylic acids is 1. The van der Waals surface area contributed by atoms with Crippen LogP contribution in [0.4, 0.5) is 10.5 Å². The minimum Gasteiger partial charge on any atom is -0.325 e. The van der Waals surface area contributed by atoms with Gasteiger partial charge in [0.05, 0.1) is 11.6 Å². The summed E-state index contributed by atoms with van der Waals surface area (Å²) in [7, 11) is 0. The zero-order valence-corrected chi connectivity index (χ0v) is 9.53. The first-order chi connectivity index (χ1) is 7.71. The molecule has 0 heterocycles. The molecule has 16 heavy (non-hydrogen) atoms. The summed E-state index contributed by atoms with van der Waals surface area (Å²) in [5.41, 5.74) is 1.29. The van der Waals surface area contributed by atoms with Crippen molar-refractivity contribution in [1.82, 2.24) is 4.90 Å². The maximum absolute atomic E-state index is 11.7. The van der Waals surface area contributed by atoms with E-state index < -0.39 is 0 Å². The normalized spacial score (nSPS) is 9.31. The van der Waals surface area contributed by atoms with Crippen molar-refractivity contribution in [1.29, 1.82) is 5.26 Å². The molecule has 1 N–H and O–H groups in total. The average molecular weight is 217 g/mol. The van der Waals surface area contributed by atoms with E-state index in [0.717, 1.165) is 0 Å². The van der Waals surface area contributed by atoms with Gasteiger partial charge < -0.3 is 10.2 Å². The number of urea groups is 1. The smallest absolute Gasteiger partial charge is 0.321 e. The van der Waals surface area contributed by atoms with E-state index in [-0.39, 0.29) is 6.03 Å². The molecule has 4 heteroatoms. The van der Waals surface area contributed by atoms with Crippen molar-refractivity contribution in [2.75, 3.05) is 18.4 Å². The molecule has 0 spiro atoms. The Labute approximate surface area is 95.5 Å². The van der Waals surface area contributed by atoms with Crippen LogP contribution in [0.5, 0.6) is 0 Å². The number of nitrogens with one attached hydrogen (secondary N) is 1. The highest BCUT2D eigenvalue weighted by Crippen LogP contribution is 2.09.